The minimum atomic E-state index is -1.45. The lowest BCUT2D eigenvalue weighted by atomic mass is 9.98. The molecule has 0 fully saturated rings. The molecular weight excluding hydrogens is 432 g/mol. The van der Waals surface area contributed by atoms with E-state index in [4.69, 9.17) is 5.73 Å². The quantitative estimate of drug-likeness (QED) is 0.198. The summed E-state index contributed by atoms with van der Waals surface area (Å²) in [6.45, 7) is 10.9. The maximum absolute atomic E-state index is 12.8. The Bertz CT molecular complexity index is 696. The van der Waals surface area contributed by atoms with Gasteiger partial charge in [0.15, 0.2) is 0 Å². The van der Waals surface area contributed by atoms with Crippen molar-refractivity contribution in [1.29, 1.82) is 0 Å². The number of carbonyl (C=O) groups is 5. The van der Waals surface area contributed by atoms with Gasteiger partial charge in [0.05, 0.1) is 12.5 Å². The van der Waals surface area contributed by atoms with Crippen molar-refractivity contribution in [3.8, 4) is 0 Å². The van der Waals surface area contributed by atoms with Crippen LogP contribution in [-0.2, 0) is 24.0 Å². The van der Waals surface area contributed by atoms with Gasteiger partial charge in [-0.15, -0.1) is 0 Å². The maximum Gasteiger partial charge on any atom is 0.326 e. The summed E-state index contributed by atoms with van der Waals surface area (Å²) < 4.78 is 0. The number of nitrogens with two attached hydrogens (primary N) is 1. The molecular formula is C22H40N4O7. The summed E-state index contributed by atoms with van der Waals surface area (Å²) in [5, 5.41) is 25.9. The van der Waals surface area contributed by atoms with E-state index in [1.165, 1.54) is 0 Å². The number of rotatable bonds is 15. The fraction of sp³-hybridized carbons (Fsp3) is 0.773. The third-order valence-electron chi connectivity index (χ3n) is 5.23. The van der Waals surface area contributed by atoms with Crippen LogP contribution in [0.25, 0.3) is 0 Å². The number of carboxylic acid groups (broad SMARTS) is 2. The van der Waals surface area contributed by atoms with Crippen molar-refractivity contribution >= 4 is 29.7 Å². The molecule has 0 aromatic heterocycles. The van der Waals surface area contributed by atoms with Gasteiger partial charge in [-0.25, -0.2) is 4.79 Å². The lowest BCUT2D eigenvalue weighted by Crippen LogP contribution is -2.58. The zero-order valence-electron chi connectivity index (χ0n) is 20.4. The Labute approximate surface area is 195 Å². The SMILES string of the molecule is CCC(C)C(N)C(=O)NC(CC(=O)O)C(=O)NC(CC(C)C)C(=O)NC(CC(C)C)C(=O)O. The van der Waals surface area contributed by atoms with Gasteiger partial charge in [-0.1, -0.05) is 48.0 Å². The van der Waals surface area contributed by atoms with Gasteiger partial charge in [-0.2, -0.15) is 0 Å². The molecule has 0 aromatic rings. The second kappa shape index (κ2) is 14.5. The fourth-order valence-corrected chi connectivity index (χ4v) is 3.10. The normalized spacial score (nSPS) is 15.8. The van der Waals surface area contributed by atoms with E-state index in [0.717, 1.165) is 0 Å². The van der Waals surface area contributed by atoms with Crippen LogP contribution < -0.4 is 21.7 Å². The van der Waals surface area contributed by atoms with E-state index in [0.29, 0.717) is 6.42 Å². The first-order chi connectivity index (χ1) is 15.2. The van der Waals surface area contributed by atoms with Crippen molar-refractivity contribution in [2.24, 2.45) is 23.5 Å². The van der Waals surface area contributed by atoms with Crippen LogP contribution in [-0.4, -0.2) is 64.0 Å². The molecule has 0 rings (SSSR count). The van der Waals surface area contributed by atoms with E-state index >= 15 is 0 Å². The molecule has 0 aliphatic heterocycles. The molecule has 0 bridgehead atoms. The molecule has 5 atom stereocenters. The molecule has 0 aliphatic carbocycles. The number of aliphatic carboxylic acids is 2. The Hall–Kier alpha value is -2.69. The molecule has 0 aliphatic rings. The van der Waals surface area contributed by atoms with E-state index in [-0.39, 0.29) is 30.6 Å². The van der Waals surface area contributed by atoms with Gasteiger partial charge in [0.1, 0.15) is 18.1 Å². The van der Waals surface area contributed by atoms with Gasteiger partial charge in [0.25, 0.3) is 0 Å². The summed E-state index contributed by atoms with van der Waals surface area (Å²) in [5.74, 6) is -4.96. The zero-order chi connectivity index (χ0) is 25.9. The first-order valence-corrected chi connectivity index (χ1v) is 11.3. The summed E-state index contributed by atoms with van der Waals surface area (Å²) in [6, 6.07) is -4.62. The van der Waals surface area contributed by atoms with Gasteiger partial charge in [0, 0.05) is 0 Å². The first kappa shape index (κ1) is 30.3. The molecule has 5 unspecified atom stereocenters. The molecule has 0 heterocycles. The highest BCUT2D eigenvalue weighted by atomic mass is 16.4. The topological polar surface area (TPSA) is 188 Å². The molecule has 7 N–H and O–H groups in total. The molecule has 0 saturated carbocycles. The first-order valence-electron chi connectivity index (χ1n) is 11.3. The third kappa shape index (κ3) is 11.7. The van der Waals surface area contributed by atoms with Crippen molar-refractivity contribution in [3.05, 3.63) is 0 Å². The van der Waals surface area contributed by atoms with E-state index < -0.39 is 60.2 Å². The number of hydrogen-bond acceptors (Lipinski definition) is 6. The van der Waals surface area contributed by atoms with E-state index in [1.807, 2.05) is 34.6 Å². The number of nitrogens with one attached hydrogen (secondary N) is 3. The molecule has 3 amide bonds. The van der Waals surface area contributed by atoms with Crippen LogP contribution in [0.3, 0.4) is 0 Å². The van der Waals surface area contributed by atoms with Gasteiger partial charge in [0.2, 0.25) is 17.7 Å². The standard InChI is InChI=1S/C22H40N4O7/c1-7-13(6)18(23)21(31)25-15(10-17(27)28)20(30)24-14(8-11(2)3)19(29)26-16(22(32)33)9-12(4)5/h11-16,18H,7-10,23H2,1-6H3,(H,24,30)(H,25,31)(H,26,29)(H,27,28)(H,32,33). The summed E-state index contributed by atoms with van der Waals surface area (Å²) in [6.07, 6.45) is 0.300. The molecule has 0 spiro atoms. The summed E-state index contributed by atoms with van der Waals surface area (Å²) >= 11 is 0. The van der Waals surface area contributed by atoms with E-state index in [2.05, 4.69) is 16.0 Å². The molecule has 11 nitrogen and oxygen atoms in total. The fourth-order valence-electron chi connectivity index (χ4n) is 3.10. The van der Waals surface area contributed by atoms with Gasteiger partial charge < -0.3 is 31.9 Å². The summed E-state index contributed by atoms with van der Waals surface area (Å²) in [7, 11) is 0. The van der Waals surface area contributed by atoms with Crippen molar-refractivity contribution in [1.82, 2.24) is 16.0 Å². The average molecular weight is 473 g/mol. The van der Waals surface area contributed by atoms with E-state index in [1.54, 1.807) is 6.92 Å². The van der Waals surface area contributed by atoms with Crippen LogP contribution in [0, 0.1) is 17.8 Å². The van der Waals surface area contributed by atoms with Crippen molar-refractivity contribution in [2.45, 2.75) is 91.4 Å². The van der Waals surface area contributed by atoms with Crippen LogP contribution in [0.5, 0.6) is 0 Å². The van der Waals surface area contributed by atoms with Crippen LogP contribution in [0.15, 0.2) is 0 Å². The minimum Gasteiger partial charge on any atom is -0.481 e. The molecule has 0 aromatic carbocycles. The number of amides is 3. The number of carbonyl (C=O) groups excluding carboxylic acids is 3. The Morgan fingerprint density at radius 1 is 0.727 bits per heavy atom. The molecule has 190 valence electrons. The molecule has 33 heavy (non-hydrogen) atoms. The zero-order valence-corrected chi connectivity index (χ0v) is 20.4. The highest BCUT2D eigenvalue weighted by molar-refractivity contribution is 5.95. The largest absolute Gasteiger partial charge is 0.481 e. The van der Waals surface area contributed by atoms with Crippen molar-refractivity contribution in [3.63, 3.8) is 0 Å². The Balaban J connectivity index is 5.56. The second-order valence-corrected chi connectivity index (χ2v) is 9.29. The Morgan fingerprint density at radius 3 is 1.58 bits per heavy atom. The average Bonchev–Trinajstić information content (AvgIpc) is 2.69. The van der Waals surface area contributed by atoms with Crippen LogP contribution in [0.4, 0.5) is 0 Å². The molecule has 0 radical (unpaired) electrons. The summed E-state index contributed by atoms with van der Waals surface area (Å²) in [5.41, 5.74) is 5.88. The lowest BCUT2D eigenvalue weighted by molar-refractivity contribution is -0.143. The van der Waals surface area contributed by atoms with Crippen LogP contribution in [0.1, 0.15) is 67.2 Å². The highest BCUT2D eigenvalue weighted by Crippen LogP contribution is 2.10. The monoisotopic (exact) mass is 472 g/mol. The van der Waals surface area contributed by atoms with Crippen LogP contribution in [0.2, 0.25) is 0 Å². The van der Waals surface area contributed by atoms with Gasteiger partial charge >= 0.3 is 11.9 Å². The maximum atomic E-state index is 12.8. The Morgan fingerprint density at radius 2 is 1.15 bits per heavy atom. The predicted octanol–water partition coefficient (Wildman–Crippen LogP) is 0.466. The van der Waals surface area contributed by atoms with Crippen LogP contribution >= 0.6 is 0 Å². The van der Waals surface area contributed by atoms with Crippen molar-refractivity contribution < 1.29 is 34.2 Å². The lowest BCUT2D eigenvalue weighted by Gasteiger charge is -2.26. The van der Waals surface area contributed by atoms with Gasteiger partial charge in [-0.3, -0.25) is 19.2 Å². The predicted molar refractivity (Wildman–Crippen MR) is 122 cm³/mol. The second-order valence-electron chi connectivity index (χ2n) is 9.29. The Kier molecular flexibility index (Phi) is 13.3. The molecule has 0 saturated heterocycles. The summed E-state index contributed by atoms with van der Waals surface area (Å²) in [4.78, 5) is 60.8. The van der Waals surface area contributed by atoms with Crippen molar-refractivity contribution in [2.75, 3.05) is 0 Å². The third-order valence-corrected chi connectivity index (χ3v) is 5.23. The molecule has 11 heteroatoms. The minimum absolute atomic E-state index is 0.00872. The highest BCUT2D eigenvalue weighted by Gasteiger charge is 2.32. The number of carboxylic acids is 2. The van der Waals surface area contributed by atoms with E-state index in [9.17, 15) is 34.2 Å². The number of hydrogen-bond donors (Lipinski definition) is 6. The van der Waals surface area contributed by atoms with Gasteiger partial charge in [-0.05, 0) is 30.6 Å². The smallest absolute Gasteiger partial charge is 0.326 e.